The van der Waals surface area contributed by atoms with E-state index in [9.17, 15) is 14.7 Å². The summed E-state index contributed by atoms with van der Waals surface area (Å²) < 4.78 is 1.74. The molecule has 1 fully saturated rings. The summed E-state index contributed by atoms with van der Waals surface area (Å²) in [6.45, 7) is 5.43. The van der Waals surface area contributed by atoms with Gasteiger partial charge in [0.05, 0.1) is 5.02 Å². The summed E-state index contributed by atoms with van der Waals surface area (Å²) in [7, 11) is 0. The molecule has 2 rings (SSSR count). The minimum atomic E-state index is -1.21. The minimum absolute atomic E-state index is 0.00174. The third-order valence-electron chi connectivity index (χ3n) is 3.82. The van der Waals surface area contributed by atoms with Crippen molar-refractivity contribution in [3.63, 3.8) is 0 Å². The van der Waals surface area contributed by atoms with Gasteiger partial charge in [0, 0.05) is 12.2 Å². The SMILES string of the molecule is CC(C)n1cc(Cl)cc1C(=O)NC(C)(C(=O)O)C1CC1. The van der Waals surface area contributed by atoms with E-state index < -0.39 is 17.4 Å². The van der Waals surface area contributed by atoms with Crippen LogP contribution >= 0.6 is 11.6 Å². The van der Waals surface area contributed by atoms with Crippen LogP contribution in [0.5, 0.6) is 0 Å². The highest BCUT2D eigenvalue weighted by Crippen LogP contribution is 2.40. The van der Waals surface area contributed by atoms with Crippen molar-refractivity contribution in [2.75, 3.05) is 0 Å². The highest BCUT2D eigenvalue weighted by Gasteiger charge is 2.48. The molecule has 2 N–H and O–H groups in total. The number of nitrogens with zero attached hydrogens (tertiary/aromatic N) is 1. The predicted molar refractivity (Wildman–Crippen MR) is 76.1 cm³/mol. The number of hydrogen-bond donors (Lipinski definition) is 2. The average molecular weight is 299 g/mol. The Labute approximate surface area is 122 Å². The fraction of sp³-hybridized carbons (Fsp3) is 0.571. The Bertz CT molecular complexity index is 549. The Morgan fingerprint density at radius 3 is 2.55 bits per heavy atom. The highest BCUT2D eigenvalue weighted by molar-refractivity contribution is 6.31. The summed E-state index contributed by atoms with van der Waals surface area (Å²) >= 11 is 5.95. The molecule has 20 heavy (non-hydrogen) atoms. The molecule has 1 amide bonds. The molecular formula is C14H19ClN2O3. The van der Waals surface area contributed by atoms with Crippen LogP contribution in [0.25, 0.3) is 0 Å². The van der Waals surface area contributed by atoms with Gasteiger partial charge in [0.25, 0.3) is 5.91 Å². The van der Waals surface area contributed by atoms with Crippen molar-refractivity contribution < 1.29 is 14.7 Å². The number of aromatic nitrogens is 1. The molecule has 0 spiro atoms. The minimum Gasteiger partial charge on any atom is -0.480 e. The van der Waals surface area contributed by atoms with Gasteiger partial charge in [0.2, 0.25) is 0 Å². The molecule has 0 aliphatic heterocycles. The third-order valence-corrected chi connectivity index (χ3v) is 4.02. The quantitative estimate of drug-likeness (QED) is 0.878. The number of amides is 1. The van der Waals surface area contributed by atoms with Gasteiger partial charge < -0.3 is 15.0 Å². The molecule has 1 saturated carbocycles. The molecule has 1 aromatic heterocycles. The first-order valence-electron chi connectivity index (χ1n) is 6.69. The van der Waals surface area contributed by atoms with E-state index in [1.165, 1.54) is 0 Å². The lowest BCUT2D eigenvalue weighted by Crippen LogP contribution is -2.54. The van der Waals surface area contributed by atoms with Gasteiger partial charge in [-0.3, -0.25) is 4.79 Å². The van der Waals surface area contributed by atoms with Crippen LogP contribution in [0, 0.1) is 5.92 Å². The van der Waals surface area contributed by atoms with Gasteiger partial charge in [0.1, 0.15) is 11.2 Å². The molecule has 1 atom stereocenters. The fourth-order valence-electron chi connectivity index (χ4n) is 2.35. The van der Waals surface area contributed by atoms with E-state index in [1.54, 1.807) is 23.8 Å². The maximum Gasteiger partial charge on any atom is 0.329 e. The van der Waals surface area contributed by atoms with Crippen LogP contribution in [-0.4, -0.2) is 27.1 Å². The van der Waals surface area contributed by atoms with E-state index in [0.29, 0.717) is 10.7 Å². The number of halogens is 1. The van der Waals surface area contributed by atoms with Crippen molar-refractivity contribution in [2.45, 2.75) is 45.2 Å². The molecule has 6 heteroatoms. The molecule has 1 aromatic rings. The van der Waals surface area contributed by atoms with Crippen molar-refractivity contribution in [2.24, 2.45) is 5.92 Å². The Hall–Kier alpha value is -1.49. The van der Waals surface area contributed by atoms with E-state index in [-0.39, 0.29) is 12.0 Å². The van der Waals surface area contributed by atoms with Gasteiger partial charge in [-0.1, -0.05) is 11.6 Å². The van der Waals surface area contributed by atoms with Crippen molar-refractivity contribution in [3.8, 4) is 0 Å². The number of carbonyl (C=O) groups is 2. The standard InChI is InChI=1S/C14H19ClN2O3/c1-8(2)17-7-10(15)6-11(17)12(18)16-14(3,13(19)20)9-4-5-9/h6-9H,4-5H2,1-3H3,(H,16,18)(H,19,20). The van der Waals surface area contributed by atoms with Crippen LogP contribution in [-0.2, 0) is 4.79 Å². The number of carboxylic acids is 1. The maximum atomic E-state index is 12.4. The van der Waals surface area contributed by atoms with E-state index in [2.05, 4.69) is 5.32 Å². The number of carbonyl (C=O) groups excluding carboxylic acids is 1. The maximum absolute atomic E-state index is 12.4. The summed E-state index contributed by atoms with van der Waals surface area (Å²) in [5.74, 6) is -1.40. The monoisotopic (exact) mass is 298 g/mol. The number of carboxylic acid groups (broad SMARTS) is 1. The van der Waals surface area contributed by atoms with Gasteiger partial charge in [-0.2, -0.15) is 0 Å². The molecule has 110 valence electrons. The van der Waals surface area contributed by atoms with E-state index >= 15 is 0 Å². The Kier molecular flexibility index (Phi) is 3.82. The van der Waals surface area contributed by atoms with Crippen LogP contribution in [0.1, 0.15) is 50.1 Å². The topological polar surface area (TPSA) is 71.3 Å². The molecule has 1 aliphatic carbocycles. The van der Waals surface area contributed by atoms with E-state index in [1.807, 2.05) is 13.8 Å². The molecule has 1 unspecified atom stereocenters. The lowest BCUT2D eigenvalue weighted by atomic mass is 9.96. The predicted octanol–water partition coefficient (Wildman–Crippen LogP) is 2.71. The van der Waals surface area contributed by atoms with Crippen LogP contribution < -0.4 is 5.32 Å². The van der Waals surface area contributed by atoms with Gasteiger partial charge >= 0.3 is 5.97 Å². The molecule has 1 aliphatic rings. The third kappa shape index (κ3) is 2.68. The van der Waals surface area contributed by atoms with Gasteiger partial charge in [-0.15, -0.1) is 0 Å². The average Bonchev–Trinajstić information content (AvgIpc) is 3.11. The summed E-state index contributed by atoms with van der Waals surface area (Å²) in [5.41, 5.74) is -0.826. The van der Waals surface area contributed by atoms with Crippen LogP contribution in [0.4, 0.5) is 0 Å². The second-order valence-corrected chi connectivity index (χ2v) is 6.22. The van der Waals surface area contributed by atoms with Crippen molar-refractivity contribution in [3.05, 3.63) is 23.0 Å². The molecular weight excluding hydrogens is 280 g/mol. The van der Waals surface area contributed by atoms with Gasteiger partial charge in [-0.25, -0.2) is 4.79 Å². The van der Waals surface area contributed by atoms with Gasteiger partial charge in [0.15, 0.2) is 0 Å². The van der Waals surface area contributed by atoms with Crippen molar-refractivity contribution in [1.29, 1.82) is 0 Å². The fourth-order valence-corrected chi connectivity index (χ4v) is 2.55. The van der Waals surface area contributed by atoms with Crippen LogP contribution in [0.3, 0.4) is 0 Å². The Balaban J connectivity index is 2.26. The first-order valence-corrected chi connectivity index (χ1v) is 7.06. The molecule has 1 heterocycles. The molecule has 5 nitrogen and oxygen atoms in total. The highest BCUT2D eigenvalue weighted by atomic mass is 35.5. The Morgan fingerprint density at radius 1 is 1.50 bits per heavy atom. The van der Waals surface area contributed by atoms with Crippen molar-refractivity contribution in [1.82, 2.24) is 9.88 Å². The smallest absolute Gasteiger partial charge is 0.329 e. The zero-order chi connectivity index (χ0) is 15.1. The molecule has 0 saturated heterocycles. The zero-order valence-corrected chi connectivity index (χ0v) is 12.6. The van der Waals surface area contributed by atoms with E-state index in [0.717, 1.165) is 12.8 Å². The van der Waals surface area contributed by atoms with Crippen LogP contribution in [0.2, 0.25) is 5.02 Å². The number of nitrogens with one attached hydrogen (secondary N) is 1. The van der Waals surface area contributed by atoms with Crippen molar-refractivity contribution >= 4 is 23.5 Å². The first-order chi connectivity index (χ1) is 9.25. The molecule has 0 radical (unpaired) electrons. The van der Waals surface area contributed by atoms with E-state index in [4.69, 9.17) is 11.6 Å². The first kappa shape index (κ1) is 14.9. The summed E-state index contributed by atoms with van der Waals surface area (Å²) in [5, 5.41) is 12.5. The second kappa shape index (κ2) is 5.13. The Morgan fingerprint density at radius 2 is 2.10 bits per heavy atom. The lowest BCUT2D eigenvalue weighted by molar-refractivity contribution is -0.144. The molecule has 0 bridgehead atoms. The van der Waals surface area contributed by atoms with Crippen LogP contribution in [0.15, 0.2) is 12.3 Å². The summed E-state index contributed by atoms with van der Waals surface area (Å²) in [4.78, 5) is 23.8. The number of hydrogen-bond acceptors (Lipinski definition) is 2. The summed E-state index contributed by atoms with van der Waals surface area (Å²) in [6, 6.07) is 1.63. The summed E-state index contributed by atoms with van der Waals surface area (Å²) in [6.07, 6.45) is 3.33. The van der Waals surface area contributed by atoms with Gasteiger partial charge in [-0.05, 0) is 45.6 Å². The number of rotatable bonds is 5. The second-order valence-electron chi connectivity index (χ2n) is 5.78. The number of aliphatic carboxylic acids is 1. The normalized spacial score (nSPS) is 17.9. The largest absolute Gasteiger partial charge is 0.480 e. The molecule has 0 aromatic carbocycles. The zero-order valence-electron chi connectivity index (χ0n) is 11.8. The lowest BCUT2D eigenvalue weighted by Gasteiger charge is -2.26.